The fourth-order valence-electron chi connectivity index (χ4n) is 3.11. The van der Waals surface area contributed by atoms with Gasteiger partial charge in [-0.2, -0.15) is 0 Å². The van der Waals surface area contributed by atoms with Gasteiger partial charge in [-0.15, -0.1) is 0 Å². The van der Waals surface area contributed by atoms with Crippen LogP contribution in [-0.4, -0.2) is 30.1 Å². The van der Waals surface area contributed by atoms with Gasteiger partial charge < -0.3 is 5.73 Å². The first-order valence-corrected chi connectivity index (χ1v) is 7.56. The van der Waals surface area contributed by atoms with Crippen molar-refractivity contribution in [1.82, 2.24) is 4.90 Å². The first kappa shape index (κ1) is 15.0. The Morgan fingerprint density at radius 1 is 1.18 bits per heavy atom. The van der Waals surface area contributed by atoms with Crippen LogP contribution in [0.2, 0.25) is 0 Å². The topological polar surface area (TPSA) is 29.3 Å². The normalized spacial score (nSPS) is 24.5. The minimum atomic E-state index is 0.371. The van der Waals surface area contributed by atoms with Crippen LogP contribution in [-0.2, 0) is 0 Å². The number of likely N-dealkylation sites (tertiary alicyclic amines) is 1. The van der Waals surface area contributed by atoms with E-state index in [1.807, 2.05) is 0 Å². The maximum absolute atomic E-state index is 6.33. The van der Waals surface area contributed by atoms with Crippen molar-refractivity contribution in [1.29, 1.82) is 0 Å². The van der Waals surface area contributed by atoms with Gasteiger partial charge >= 0.3 is 0 Å². The second kappa shape index (κ2) is 6.75. The van der Waals surface area contributed by atoms with Gasteiger partial charge in [-0.25, -0.2) is 0 Å². The van der Waals surface area contributed by atoms with Gasteiger partial charge in [-0.3, -0.25) is 4.90 Å². The molecule has 0 aromatic heterocycles. The van der Waals surface area contributed by atoms with E-state index in [1.54, 1.807) is 0 Å². The molecule has 0 aromatic rings. The number of hydrogen-bond donors (Lipinski definition) is 1. The standard InChI is InChI=1S/C15H32N2/c1-5-8-13(16)14(6-2)17-11-9-15(4,7-3)10-12-17/h13-14H,5-12,16H2,1-4H3. The van der Waals surface area contributed by atoms with Crippen LogP contribution in [0.3, 0.4) is 0 Å². The summed E-state index contributed by atoms with van der Waals surface area (Å²) in [4.78, 5) is 2.65. The van der Waals surface area contributed by atoms with Crippen LogP contribution in [0.4, 0.5) is 0 Å². The second-order valence-corrected chi connectivity index (χ2v) is 6.13. The summed E-state index contributed by atoms with van der Waals surface area (Å²) in [5.41, 5.74) is 6.92. The molecule has 0 aromatic carbocycles. The molecule has 0 aliphatic carbocycles. The lowest BCUT2D eigenvalue weighted by molar-refractivity contribution is 0.0672. The smallest absolute Gasteiger partial charge is 0.0244 e. The average Bonchev–Trinajstić information content (AvgIpc) is 2.33. The van der Waals surface area contributed by atoms with E-state index in [-0.39, 0.29) is 0 Å². The zero-order chi connectivity index (χ0) is 12.9. The second-order valence-electron chi connectivity index (χ2n) is 6.13. The summed E-state index contributed by atoms with van der Waals surface area (Å²) in [6, 6.07) is 0.979. The molecule has 1 aliphatic rings. The fraction of sp³-hybridized carbons (Fsp3) is 1.00. The van der Waals surface area contributed by atoms with E-state index in [2.05, 4.69) is 32.6 Å². The van der Waals surface area contributed by atoms with Crippen LogP contribution in [0, 0.1) is 5.41 Å². The number of hydrogen-bond acceptors (Lipinski definition) is 2. The molecule has 0 radical (unpaired) electrons. The van der Waals surface area contributed by atoms with Crippen LogP contribution in [0.25, 0.3) is 0 Å². The van der Waals surface area contributed by atoms with E-state index in [1.165, 1.54) is 51.6 Å². The highest BCUT2D eigenvalue weighted by molar-refractivity contribution is 4.88. The van der Waals surface area contributed by atoms with Crippen molar-refractivity contribution in [2.24, 2.45) is 11.1 Å². The molecule has 0 saturated carbocycles. The van der Waals surface area contributed by atoms with Gasteiger partial charge in [-0.05, 0) is 44.2 Å². The maximum atomic E-state index is 6.33. The summed E-state index contributed by atoms with van der Waals surface area (Å²) in [6.45, 7) is 11.8. The molecular weight excluding hydrogens is 208 g/mol. The molecule has 102 valence electrons. The van der Waals surface area contributed by atoms with Crippen molar-refractivity contribution in [3.05, 3.63) is 0 Å². The minimum Gasteiger partial charge on any atom is -0.326 e. The summed E-state index contributed by atoms with van der Waals surface area (Å²) < 4.78 is 0. The summed E-state index contributed by atoms with van der Waals surface area (Å²) in [6.07, 6.45) is 7.58. The van der Waals surface area contributed by atoms with E-state index in [0.717, 1.165) is 0 Å². The van der Waals surface area contributed by atoms with Gasteiger partial charge in [0.05, 0.1) is 0 Å². The zero-order valence-corrected chi connectivity index (χ0v) is 12.3. The Bertz CT molecular complexity index is 207. The van der Waals surface area contributed by atoms with Crippen molar-refractivity contribution in [3.8, 4) is 0 Å². The minimum absolute atomic E-state index is 0.371. The molecule has 0 spiro atoms. The highest BCUT2D eigenvalue weighted by atomic mass is 15.2. The van der Waals surface area contributed by atoms with Crippen molar-refractivity contribution >= 4 is 0 Å². The van der Waals surface area contributed by atoms with Crippen molar-refractivity contribution < 1.29 is 0 Å². The monoisotopic (exact) mass is 240 g/mol. The third-order valence-electron chi connectivity index (χ3n) is 4.86. The Morgan fingerprint density at radius 3 is 2.18 bits per heavy atom. The van der Waals surface area contributed by atoms with Gasteiger partial charge in [0.2, 0.25) is 0 Å². The molecular formula is C15H32N2. The number of nitrogens with zero attached hydrogens (tertiary/aromatic N) is 1. The van der Waals surface area contributed by atoms with Crippen molar-refractivity contribution in [2.75, 3.05) is 13.1 Å². The van der Waals surface area contributed by atoms with Crippen molar-refractivity contribution in [3.63, 3.8) is 0 Å². The lowest BCUT2D eigenvalue weighted by Crippen LogP contribution is -2.51. The lowest BCUT2D eigenvalue weighted by atomic mass is 9.77. The van der Waals surface area contributed by atoms with Crippen LogP contribution in [0.1, 0.15) is 66.2 Å². The molecule has 2 unspecified atom stereocenters. The third kappa shape index (κ3) is 3.96. The van der Waals surface area contributed by atoms with Crippen LogP contribution in [0.5, 0.6) is 0 Å². The zero-order valence-electron chi connectivity index (χ0n) is 12.3. The predicted octanol–water partition coefficient (Wildman–Crippen LogP) is 3.40. The Balaban J connectivity index is 2.50. The van der Waals surface area contributed by atoms with Gasteiger partial charge in [-0.1, -0.05) is 40.5 Å². The quantitative estimate of drug-likeness (QED) is 0.771. The summed E-state index contributed by atoms with van der Waals surface area (Å²) >= 11 is 0. The largest absolute Gasteiger partial charge is 0.326 e. The van der Waals surface area contributed by atoms with Gasteiger partial charge in [0.25, 0.3) is 0 Å². The number of rotatable bonds is 6. The molecule has 1 aliphatic heterocycles. The Hall–Kier alpha value is -0.0800. The molecule has 2 nitrogen and oxygen atoms in total. The number of nitrogens with two attached hydrogens (primary N) is 1. The molecule has 0 amide bonds. The molecule has 2 N–H and O–H groups in total. The van der Waals surface area contributed by atoms with Crippen LogP contribution < -0.4 is 5.73 Å². The number of piperidine rings is 1. The molecule has 0 bridgehead atoms. The molecule has 1 rings (SSSR count). The van der Waals surface area contributed by atoms with Gasteiger partial charge in [0.15, 0.2) is 0 Å². The van der Waals surface area contributed by atoms with E-state index in [9.17, 15) is 0 Å². The Labute approximate surface area is 108 Å². The molecule has 1 heterocycles. The van der Waals surface area contributed by atoms with Crippen LogP contribution in [0.15, 0.2) is 0 Å². The molecule has 1 fully saturated rings. The molecule has 2 atom stereocenters. The van der Waals surface area contributed by atoms with E-state index in [4.69, 9.17) is 5.73 Å². The third-order valence-corrected chi connectivity index (χ3v) is 4.86. The van der Waals surface area contributed by atoms with Gasteiger partial charge in [0.1, 0.15) is 0 Å². The summed E-state index contributed by atoms with van der Waals surface area (Å²) in [5, 5.41) is 0. The van der Waals surface area contributed by atoms with E-state index < -0.39 is 0 Å². The summed E-state index contributed by atoms with van der Waals surface area (Å²) in [7, 11) is 0. The molecule has 17 heavy (non-hydrogen) atoms. The SMILES string of the molecule is CCCC(N)C(CC)N1CCC(C)(CC)CC1. The lowest BCUT2D eigenvalue weighted by Gasteiger charge is -2.44. The predicted molar refractivity (Wildman–Crippen MR) is 76.2 cm³/mol. The van der Waals surface area contributed by atoms with Crippen molar-refractivity contribution in [2.45, 2.75) is 78.3 Å². The average molecular weight is 240 g/mol. The van der Waals surface area contributed by atoms with E-state index in [0.29, 0.717) is 17.5 Å². The summed E-state index contributed by atoms with van der Waals surface area (Å²) in [5.74, 6) is 0. The first-order valence-electron chi connectivity index (χ1n) is 7.56. The van der Waals surface area contributed by atoms with Crippen LogP contribution >= 0.6 is 0 Å². The Morgan fingerprint density at radius 2 is 1.76 bits per heavy atom. The fourth-order valence-corrected chi connectivity index (χ4v) is 3.11. The maximum Gasteiger partial charge on any atom is 0.0244 e. The highest BCUT2D eigenvalue weighted by Gasteiger charge is 2.32. The first-order chi connectivity index (χ1) is 8.06. The molecule has 2 heteroatoms. The van der Waals surface area contributed by atoms with Gasteiger partial charge in [0, 0.05) is 12.1 Å². The Kier molecular flexibility index (Phi) is 5.94. The van der Waals surface area contributed by atoms with E-state index >= 15 is 0 Å². The highest BCUT2D eigenvalue weighted by Crippen LogP contribution is 2.35. The molecule has 1 saturated heterocycles.